The van der Waals surface area contributed by atoms with Crippen LogP contribution in [-0.2, 0) is 0 Å². The molecule has 3 rings (SSSR count). The van der Waals surface area contributed by atoms with Gasteiger partial charge in [0.2, 0.25) is 0 Å². The summed E-state index contributed by atoms with van der Waals surface area (Å²) in [5.41, 5.74) is 2.20. The zero-order valence-electron chi connectivity index (χ0n) is 12.0. The zero-order valence-corrected chi connectivity index (χ0v) is 12.7. The molecule has 1 saturated carbocycles. The lowest BCUT2D eigenvalue weighted by molar-refractivity contribution is 0.111. The fourth-order valence-electron chi connectivity index (χ4n) is 2.50. The lowest BCUT2D eigenvalue weighted by Gasteiger charge is -2.27. The van der Waals surface area contributed by atoms with Crippen molar-refractivity contribution in [1.82, 2.24) is 4.98 Å². The van der Waals surface area contributed by atoms with E-state index in [0.29, 0.717) is 28.4 Å². The number of nitrogens with zero attached hydrogens (tertiary/aromatic N) is 1. The maximum absolute atomic E-state index is 11.0. The van der Waals surface area contributed by atoms with Gasteiger partial charge in [0.15, 0.2) is 6.29 Å². The van der Waals surface area contributed by atoms with Crippen LogP contribution in [0.25, 0.3) is 0 Å². The van der Waals surface area contributed by atoms with Gasteiger partial charge in [0, 0.05) is 17.3 Å². The number of aromatic nitrogens is 1. The molecule has 0 amide bonds. The largest absolute Gasteiger partial charge is 0.340 e. The third-order valence-corrected chi connectivity index (χ3v) is 4.23. The predicted octanol–water partition coefficient (Wildman–Crippen LogP) is 4.46. The molecule has 1 aliphatic carbocycles. The van der Waals surface area contributed by atoms with E-state index in [2.05, 4.69) is 10.3 Å². The second-order valence-corrected chi connectivity index (χ2v) is 5.81. The van der Waals surface area contributed by atoms with Crippen LogP contribution < -0.4 is 5.32 Å². The van der Waals surface area contributed by atoms with Gasteiger partial charge in [-0.15, -0.1) is 0 Å². The molecular weight excluding hydrogens is 298 g/mol. The summed E-state index contributed by atoms with van der Waals surface area (Å²) in [6.45, 7) is 0. The Kier molecular flexibility index (Phi) is 4.20. The molecule has 0 saturated heterocycles. The monoisotopic (exact) mass is 313 g/mol. The van der Waals surface area contributed by atoms with Gasteiger partial charge in [-0.3, -0.25) is 4.79 Å². The van der Waals surface area contributed by atoms with Crippen LogP contribution in [0.1, 0.15) is 35.3 Å². The van der Waals surface area contributed by atoms with Crippen molar-refractivity contribution in [2.75, 3.05) is 5.32 Å². The third kappa shape index (κ3) is 2.88. The number of para-hydroxylation sites is 1. The molecule has 2 aromatic rings. The average molecular weight is 314 g/mol. The number of carbonyl (C=O) groups excluding carboxylic acids is 1. The molecule has 2 N–H and O–H groups in total. The maximum Gasteiger partial charge on any atom is 0.168 e. The first-order chi connectivity index (χ1) is 10.7. The van der Waals surface area contributed by atoms with Crippen molar-refractivity contribution in [1.29, 1.82) is 5.41 Å². The molecule has 0 spiro atoms. The van der Waals surface area contributed by atoms with Crippen molar-refractivity contribution in [3.63, 3.8) is 0 Å². The first kappa shape index (κ1) is 14.7. The summed E-state index contributed by atoms with van der Waals surface area (Å²) in [5, 5.41) is 12.0. The summed E-state index contributed by atoms with van der Waals surface area (Å²) in [5.74, 6) is 0.704. The van der Waals surface area contributed by atoms with Gasteiger partial charge >= 0.3 is 0 Å². The van der Waals surface area contributed by atoms with E-state index in [1.165, 1.54) is 6.07 Å². The van der Waals surface area contributed by atoms with Gasteiger partial charge in [-0.05, 0) is 31.0 Å². The quantitative estimate of drug-likeness (QED) is 0.632. The zero-order chi connectivity index (χ0) is 15.5. The van der Waals surface area contributed by atoms with Gasteiger partial charge in [0.1, 0.15) is 11.5 Å². The lowest BCUT2D eigenvalue weighted by Crippen LogP contribution is -2.23. The molecule has 1 aromatic carbocycles. The number of hydrogen-bond acceptors (Lipinski definition) is 4. The van der Waals surface area contributed by atoms with Gasteiger partial charge in [-0.25, -0.2) is 4.98 Å². The molecule has 1 fully saturated rings. The molecular formula is C17H16ClN3O. The summed E-state index contributed by atoms with van der Waals surface area (Å²) >= 11 is 6.32. The molecule has 4 nitrogen and oxygen atoms in total. The highest BCUT2D eigenvalue weighted by atomic mass is 35.5. The predicted molar refractivity (Wildman–Crippen MR) is 88.5 cm³/mol. The van der Waals surface area contributed by atoms with Gasteiger partial charge in [-0.2, -0.15) is 0 Å². The first-order valence-electron chi connectivity index (χ1n) is 7.25. The number of halogens is 1. The molecule has 1 aromatic heterocycles. The van der Waals surface area contributed by atoms with E-state index in [9.17, 15) is 4.79 Å². The van der Waals surface area contributed by atoms with Crippen LogP contribution in [-0.4, -0.2) is 17.0 Å². The minimum Gasteiger partial charge on any atom is -0.340 e. The van der Waals surface area contributed by atoms with Crippen molar-refractivity contribution in [3.05, 3.63) is 52.7 Å². The second-order valence-electron chi connectivity index (χ2n) is 5.40. The van der Waals surface area contributed by atoms with E-state index in [0.717, 1.165) is 24.9 Å². The first-order valence-corrected chi connectivity index (χ1v) is 7.63. The normalized spacial score (nSPS) is 14.2. The van der Waals surface area contributed by atoms with E-state index in [4.69, 9.17) is 17.0 Å². The SMILES string of the molecule is N=C(c1c(Cl)cc(C=O)nc1Nc1ccccc1)C1CCC1. The standard InChI is InChI=1S/C17H16ClN3O/c18-14-9-13(10-22)21-17(20-12-7-2-1-3-8-12)15(14)16(19)11-5-4-6-11/h1-3,7-11,19H,4-6H2,(H,20,21). The lowest BCUT2D eigenvalue weighted by atomic mass is 9.79. The Balaban J connectivity index is 2.02. The molecule has 112 valence electrons. The molecule has 1 aliphatic rings. The molecule has 0 unspecified atom stereocenters. The van der Waals surface area contributed by atoms with E-state index in [1.54, 1.807) is 0 Å². The molecule has 1 heterocycles. The number of rotatable bonds is 5. The molecule has 0 atom stereocenters. The number of pyridine rings is 1. The van der Waals surface area contributed by atoms with Crippen LogP contribution in [0.2, 0.25) is 5.02 Å². The van der Waals surface area contributed by atoms with Crippen LogP contribution in [0, 0.1) is 11.3 Å². The molecule has 0 bridgehead atoms. The number of nitrogens with one attached hydrogen (secondary N) is 2. The molecule has 5 heteroatoms. The Bertz CT molecular complexity index is 711. The number of anilines is 2. The van der Waals surface area contributed by atoms with Crippen molar-refractivity contribution >= 4 is 35.1 Å². The van der Waals surface area contributed by atoms with E-state index in [1.807, 2.05) is 30.3 Å². The fraction of sp³-hybridized carbons (Fsp3) is 0.235. The Hall–Kier alpha value is -2.20. The second kappa shape index (κ2) is 6.28. The Morgan fingerprint density at radius 1 is 1.32 bits per heavy atom. The number of hydrogen-bond donors (Lipinski definition) is 2. The smallest absolute Gasteiger partial charge is 0.168 e. The van der Waals surface area contributed by atoms with Crippen LogP contribution in [0.5, 0.6) is 0 Å². The summed E-state index contributed by atoms with van der Waals surface area (Å²) in [6.07, 6.45) is 3.83. The number of carbonyl (C=O) groups is 1. The van der Waals surface area contributed by atoms with E-state index >= 15 is 0 Å². The topological polar surface area (TPSA) is 65.8 Å². The summed E-state index contributed by atoms with van der Waals surface area (Å²) in [6, 6.07) is 11.1. The van der Waals surface area contributed by atoms with E-state index in [-0.39, 0.29) is 11.6 Å². The Morgan fingerprint density at radius 3 is 2.64 bits per heavy atom. The van der Waals surface area contributed by atoms with Crippen LogP contribution in [0.15, 0.2) is 36.4 Å². The molecule has 22 heavy (non-hydrogen) atoms. The maximum atomic E-state index is 11.0. The Morgan fingerprint density at radius 2 is 2.05 bits per heavy atom. The van der Waals surface area contributed by atoms with Crippen molar-refractivity contribution in [2.45, 2.75) is 19.3 Å². The van der Waals surface area contributed by atoms with Gasteiger partial charge < -0.3 is 10.7 Å². The van der Waals surface area contributed by atoms with E-state index < -0.39 is 0 Å². The van der Waals surface area contributed by atoms with Crippen molar-refractivity contribution in [3.8, 4) is 0 Å². The Labute approximate surface area is 134 Å². The van der Waals surface area contributed by atoms with Gasteiger partial charge in [0.05, 0.1) is 10.6 Å². The summed E-state index contributed by atoms with van der Waals surface area (Å²) < 4.78 is 0. The van der Waals surface area contributed by atoms with Gasteiger partial charge in [-0.1, -0.05) is 36.2 Å². The summed E-state index contributed by atoms with van der Waals surface area (Å²) in [7, 11) is 0. The highest BCUT2D eigenvalue weighted by Crippen LogP contribution is 2.35. The molecule has 0 aliphatic heterocycles. The highest BCUT2D eigenvalue weighted by Gasteiger charge is 2.27. The third-order valence-electron chi connectivity index (χ3n) is 3.93. The average Bonchev–Trinajstić information content (AvgIpc) is 2.45. The number of benzene rings is 1. The summed E-state index contributed by atoms with van der Waals surface area (Å²) in [4.78, 5) is 15.3. The van der Waals surface area contributed by atoms with Crippen LogP contribution in [0.4, 0.5) is 11.5 Å². The van der Waals surface area contributed by atoms with Crippen molar-refractivity contribution in [2.24, 2.45) is 5.92 Å². The number of aldehydes is 1. The fourth-order valence-corrected chi connectivity index (χ4v) is 2.80. The molecule has 0 radical (unpaired) electrons. The van der Waals surface area contributed by atoms with Crippen LogP contribution >= 0.6 is 11.6 Å². The minimum atomic E-state index is 0.234. The minimum absolute atomic E-state index is 0.234. The van der Waals surface area contributed by atoms with Gasteiger partial charge in [0.25, 0.3) is 0 Å². The highest BCUT2D eigenvalue weighted by molar-refractivity contribution is 6.35. The van der Waals surface area contributed by atoms with Crippen molar-refractivity contribution < 1.29 is 4.79 Å². The van der Waals surface area contributed by atoms with Crippen LogP contribution in [0.3, 0.4) is 0 Å².